The van der Waals surface area contributed by atoms with E-state index in [1.165, 1.54) is 0 Å². The molecule has 0 unspecified atom stereocenters. The van der Waals surface area contributed by atoms with Gasteiger partial charge in [0.25, 0.3) is 5.91 Å². The number of hydrogen-bond acceptors (Lipinski definition) is 3. The maximum absolute atomic E-state index is 12.8. The van der Waals surface area contributed by atoms with Crippen molar-refractivity contribution in [1.29, 1.82) is 0 Å². The zero-order valence-electron chi connectivity index (χ0n) is 16.7. The van der Waals surface area contributed by atoms with E-state index in [4.69, 9.17) is 0 Å². The summed E-state index contributed by atoms with van der Waals surface area (Å²) < 4.78 is 0. The van der Waals surface area contributed by atoms with E-state index in [9.17, 15) is 9.59 Å². The number of benzene rings is 3. The summed E-state index contributed by atoms with van der Waals surface area (Å²) in [6.07, 6.45) is 0. The zero-order chi connectivity index (χ0) is 20.6. The zero-order valence-corrected chi connectivity index (χ0v) is 16.7. The predicted octanol–water partition coefficient (Wildman–Crippen LogP) is 4.03. The molecule has 3 aromatic carbocycles. The van der Waals surface area contributed by atoms with Gasteiger partial charge in [-0.15, -0.1) is 0 Å². The van der Waals surface area contributed by atoms with Gasteiger partial charge in [-0.05, 0) is 42.9 Å². The first-order chi connectivity index (χ1) is 14.0. The van der Waals surface area contributed by atoms with Crippen molar-refractivity contribution in [2.24, 2.45) is 0 Å². The van der Waals surface area contributed by atoms with Crippen molar-refractivity contribution in [2.45, 2.75) is 6.54 Å². The number of hydrogen-bond donors (Lipinski definition) is 1. The Bertz CT molecular complexity index is 958. The van der Waals surface area contributed by atoms with Crippen molar-refractivity contribution in [3.63, 3.8) is 0 Å². The van der Waals surface area contributed by atoms with Crippen LogP contribution in [0.1, 0.15) is 15.9 Å². The fourth-order valence-corrected chi connectivity index (χ4v) is 3.09. The first kappa shape index (κ1) is 20.3. The minimum Gasteiger partial charge on any atom is -0.325 e. The van der Waals surface area contributed by atoms with Crippen LogP contribution < -0.4 is 10.2 Å². The van der Waals surface area contributed by atoms with Crippen LogP contribution in [-0.4, -0.2) is 37.4 Å². The Hall–Kier alpha value is -3.44. The Labute approximate surface area is 171 Å². The molecule has 5 nitrogen and oxygen atoms in total. The van der Waals surface area contributed by atoms with Crippen molar-refractivity contribution < 1.29 is 9.59 Å². The molecule has 0 fully saturated rings. The van der Waals surface area contributed by atoms with Gasteiger partial charge in [-0.25, -0.2) is 0 Å². The molecule has 0 aromatic heterocycles. The van der Waals surface area contributed by atoms with Crippen molar-refractivity contribution in [2.75, 3.05) is 30.9 Å². The van der Waals surface area contributed by atoms with Gasteiger partial charge in [0.1, 0.15) is 0 Å². The highest BCUT2D eigenvalue weighted by Gasteiger charge is 2.14. The van der Waals surface area contributed by atoms with Crippen LogP contribution in [0.4, 0.5) is 11.4 Å². The molecule has 0 bridgehead atoms. The van der Waals surface area contributed by atoms with E-state index in [-0.39, 0.29) is 18.4 Å². The average Bonchev–Trinajstić information content (AvgIpc) is 2.74. The summed E-state index contributed by atoms with van der Waals surface area (Å²) in [4.78, 5) is 28.7. The Balaban J connectivity index is 1.60. The molecule has 0 spiro atoms. The third-order valence-corrected chi connectivity index (χ3v) is 4.55. The summed E-state index contributed by atoms with van der Waals surface area (Å²) >= 11 is 0. The monoisotopic (exact) mass is 387 g/mol. The largest absolute Gasteiger partial charge is 0.325 e. The van der Waals surface area contributed by atoms with Crippen molar-refractivity contribution in [1.82, 2.24) is 4.90 Å². The number of carbonyl (C=O) groups is 2. The van der Waals surface area contributed by atoms with Crippen LogP contribution in [0.3, 0.4) is 0 Å². The normalized spacial score (nSPS) is 10.6. The molecule has 1 N–H and O–H groups in total. The molecule has 0 aliphatic rings. The van der Waals surface area contributed by atoms with Gasteiger partial charge in [0.2, 0.25) is 5.91 Å². The second-order valence-electron chi connectivity index (χ2n) is 6.99. The quantitative estimate of drug-likeness (QED) is 0.666. The molecule has 3 rings (SSSR count). The van der Waals surface area contributed by atoms with Crippen LogP contribution in [0.2, 0.25) is 0 Å². The lowest BCUT2D eigenvalue weighted by molar-refractivity contribution is -0.117. The van der Waals surface area contributed by atoms with Gasteiger partial charge in [-0.2, -0.15) is 0 Å². The Morgan fingerprint density at radius 3 is 2.17 bits per heavy atom. The van der Waals surface area contributed by atoms with Crippen LogP contribution in [-0.2, 0) is 11.3 Å². The minimum absolute atomic E-state index is 0.121. The Morgan fingerprint density at radius 1 is 0.828 bits per heavy atom. The number of para-hydroxylation sites is 1. The topological polar surface area (TPSA) is 52.7 Å². The van der Waals surface area contributed by atoms with E-state index < -0.39 is 0 Å². The van der Waals surface area contributed by atoms with Gasteiger partial charge in [0.15, 0.2) is 0 Å². The number of carbonyl (C=O) groups excluding carboxylic acids is 2. The molecule has 0 radical (unpaired) electrons. The standard InChI is InChI=1S/C24H25N3O2/c1-26(17-19-10-5-3-6-11-19)18-23(28)25-21-13-9-12-20(16-21)24(29)27(2)22-14-7-4-8-15-22/h3-16H,17-18H2,1-2H3,(H,25,28). The van der Waals surface area contributed by atoms with E-state index in [0.717, 1.165) is 11.3 Å². The highest BCUT2D eigenvalue weighted by Crippen LogP contribution is 2.17. The fraction of sp³-hybridized carbons (Fsp3) is 0.167. The third-order valence-electron chi connectivity index (χ3n) is 4.55. The van der Waals surface area contributed by atoms with E-state index >= 15 is 0 Å². The van der Waals surface area contributed by atoms with E-state index in [0.29, 0.717) is 17.8 Å². The van der Waals surface area contributed by atoms with Gasteiger partial charge in [-0.3, -0.25) is 14.5 Å². The molecule has 148 valence electrons. The van der Waals surface area contributed by atoms with Crippen molar-refractivity contribution in [3.05, 3.63) is 96.1 Å². The summed E-state index contributed by atoms with van der Waals surface area (Å²) in [6, 6.07) is 26.5. The van der Waals surface area contributed by atoms with Crippen LogP contribution in [0, 0.1) is 0 Å². The lowest BCUT2D eigenvalue weighted by atomic mass is 10.1. The number of rotatable bonds is 7. The molecule has 0 heterocycles. The molecule has 3 aromatic rings. The number of amides is 2. The second kappa shape index (κ2) is 9.66. The molecule has 5 heteroatoms. The molecular formula is C24H25N3O2. The van der Waals surface area contributed by atoms with Gasteiger partial charge < -0.3 is 10.2 Å². The molecule has 0 aliphatic carbocycles. The Kier molecular flexibility index (Phi) is 6.76. The van der Waals surface area contributed by atoms with Crippen LogP contribution >= 0.6 is 0 Å². The van der Waals surface area contributed by atoms with E-state index in [1.807, 2.05) is 72.6 Å². The molecule has 0 saturated heterocycles. The van der Waals surface area contributed by atoms with Crippen LogP contribution in [0.5, 0.6) is 0 Å². The van der Waals surface area contributed by atoms with E-state index in [2.05, 4.69) is 5.32 Å². The van der Waals surface area contributed by atoms with Crippen LogP contribution in [0.15, 0.2) is 84.9 Å². The maximum Gasteiger partial charge on any atom is 0.258 e. The number of anilines is 2. The van der Waals surface area contributed by atoms with Crippen LogP contribution in [0.25, 0.3) is 0 Å². The fourth-order valence-electron chi connectivity index (χ4n) is 3.09. The molecule has 0 saturated carbocycles. The number of likely N-dealkylation sites (N-methyl/N-ethyl adjacent to an activating group) is 1. The highest BCUT2D eigenvalue weighted by molar-refractivity contribution is 6.06. The predicted molar refractivity (Wildman–Crippen MR) is 117 cm³/mol. The first-order valence-electron chi connectivity index (χ1n) is 9.48. The summed E-state index contributed by atoms with van der Waals surface area (Å²) in [5.41, 5.74) is 3.09. The summed E-state index contributed by atoms with van der Waals surface area (Å²) in [7, 11) is 3.64. The molecule has 2 amide bonds. The minimum atomic E-state index is -0.131. The first-order valence-corrected chi connectivity index (χ1v) is 9.48. The van der Waals surface area contributed by atoms with Crippen molar-refractivity contribution >= 4 is 23.2 Å². The molecule has 0 atom stereocenters. The lowest BCUT2D eigenvalue weighted by Gasteiger charge is -2.18. The smallest absolute Gasteiger partial charge is 0.258 e. The van der Waals surface area contributed by atoms with Gasteiger partial charge in [-0.1, -0.05) is 54.6 Å². The highest BCUT2D eigenvalue weighted by atomic mass is 16.2. The average molecular weight is 387 g/mol. The lowest BCUT2D eigenvalue weighted by Crippen LogP contribution is -2.30. The summed E-state index contributed by atoms with van der Waals surface area (Å²) in [5, 5.41) is 2.88. The number of nitrogens with zero attached hydrogens (tertiary/aromatic N) is 2. The maximum atomic E-state index is 12.8. The molecule has 0 aliphatic heterocycles. The van der Waals surface area contributed by atoms with Gasteiger partial charge in [0.05, 0.1) is 6.54 Å². The van der Waals surface area contributed by atoms with Crippen molar-refractivity contribution in [3.8, 4) is 0 Å². The second-order valence-corrected chi connectivity index (χ2v) is 6.99. The summed E-state index contributed by atoms with van der Waals surface area (Å²) in [5.74, 6) is -0.252. The van der Waals surface area contributed by atoms with Gasteiger partial charge in [0, 0.05) is 30.5 Å². The third kappa shape index (κ3) is 5.77. The Morgan fingerprint density at radius 2 is 1.48 bits per heavy atom. The van der Waals surface area contributed by atoms with Gasteiger partial charge >= 0.3 is 0 Å². The number of nitrogens with one attached hydrogen (secondary N) is 1. The molecular weight excluding hydrogens is 362 g/mol. The van der Waals surface area contributed by atoms with E-state index in [1.54, 1.807) is 36.2 Å². The SMILES string of the molecule is CN(CC(=O)Nc1cccc(C(=O)N(C)c2ccccc2)c1)Cc1ccccc1. The molecule has 29 heavy (non-hydrogen) atoms. The summed E-state index contributed by atoms with van der Waals surface area (Å²) in [6.45, 7) is 0.950.